The van der Waals surface area contributed by atoms with Crippen molar-refractivity contribution in [2.45, 2.75) is 19.5 Å². The molecule has 0 fully saturated rings. The lowest BCUT2D eigenvalue weighted by Gasteiger charge is -2.15. The number of carbonyl (C=O) groups is 1. The van der Waals surface area contributed by atoms with Crippen LogP contribution in [-0.4, -0.2) is 29.3 Å². The van der Waals surface area contributed by atoms with Gasteiger partial charge in [0.25, 0.3) is 0 Å². The number of nitrogens with one attached hydrogen (secondary N) is 1. The van der Waals surface area contributed by atoms with E-state index in [9.17, 15) is 4.79 Å². The fraction of sp³-hybridized carbons (Fsp3) is 0.333. The zero-order valence-corrected chi connectivity index (χ0v) is 11.9. The Morgan fingerprint density at radius 3 is 2.86 bits per heavy atom. The molecule has 1 aliphatic rings. The first-order valence-electron chi connectivity index (χ1n) is 6.91. The molecule has 2 heterocycles. The molecule has 0 atom stereocenters. The fourth-order valence-corrected chi connectivity index (χ4v) is 2.68. The molecule has 1 aromatic carbocycles. The number of hydrogen-bond acceptors (Lipinski definition) is 4. The molecule has 1 aromatic heterocycles. The molecule has 2 aromatic rings. The number of carbonyl (C=O) groups excluding carboxylic acids is 1. The van der Waals surface area contributed by atoms with Crippen LogP contribution in [0.1, 0.15) is 11.3 Å². The molecule has 0 saturated heterocycles. The van der Waals surface area contributed by atoms with Gasteiger partial charge in [0.15, 0.2) is 0 Å². The average molecular weight is 286 g/mol. The van der Waals surface area contributed by atoms with Gasteiger partial charge in [-0.2, -0.15) is 5.10 Å². The van der Waals surface area contributed by atoms with Gasteiger partial charge in [-0.1, -0.05) is 0 Å². The highest BCUT2D eigenvalue weighted by molar-refractivity contribution is 5.74. The van der Waals surface area contributed by atoms with Crippen LogP contribution in [-0.2, 0) is 24.3 Å². The molecular weight excluding hydrogens is 268 g/mol. The number of ether oxygens (including phenoxy) is 1. The van der Waals surface area contributed by atoms with Gasteiger partial charge in [-0.15, -0.1) is 0 Å². The Hall–Kier alpha value is -2.34. The summed E-state index contributed by atoms with van der Waals surface area (Å²) >= 11 is 0. The van der Waals surface area contributed by atoms with E-state index in [4.69, 9.17) is 10.5 Å². The van der Waals surface area contributed by atoms with Gasteiger partial charge in [0, 0.05) is 36.3 Å². The molecule has 1 aliphatic heterocycles. The van der Waals surface area contributed by atoms with E-state index in [1.807, 2.05) is 24.3 Å². The van der Waals surface area contributed by atoms with E-state index in [1.54, 1.807) is 11.8 Å². The maximum atomic E-state index is 11.2. The van der Waals surface area contributed by atoms with Crippen molar-refractivity contribution in [3.63, 3.8) is 0 Å². The normalized spacial score (nSPS) is 13.8. The maximum absolute atomic E-state index is 11.2. The highest BCUT2D eigenvalue weighted by atomic mass is 16.5. The maximum Gasteiger partial charge on any atom is 0.239 e. The van der Waals surface area contributed by atoms with Crippen LogP contribution in [0, 0.1) is 0 Å². The van der Waals surface area contributed by atoms with E-state index >= 15 is 0 Å². The van der Waals surface area contributed by atoms with Gasteiger partial charge in [0.05, 0.1) is 12.8 Å². The van der Waals surface area contributed by atoms with Crippen molar-refractivity contribution in [2.24, 2.45) is 5.73 Å². The van der Waals surface area contributed by atoms with Crippen LogP contribution >= 0.6 is 0 Å². The minimum absolute atomic E-state index is 0.124. The van der Waals surface area contributed by atoms with Crippen molar-refractivity contribution in [3.05, 3.63) is 35.5 Å². The number of benzene rings is 1. The second-order valence-corrected chi connectivity index (χ2v) is 5.05. The first-order valence-corrected chi connectivity index (χ1v) is 6.91. The van der Waals surface area contributed by atoms with Crippen LogP contribution in [0.5, 0.6) is 5.75 Å². The average Bonchev–Trinajstić information content (AvgIpc) is 2.86. The number of fused-ring (bicyclic) bond motifs is 1. The lowest BCUT2D eigenvalue weighted by atomic mass is 10.0. The SMILES string of the molecule is COc1ccc(-c2nn(CC(N)=O)c3c2CNCC3)cc1. The Labute approximate surface area is 122 Å². The molecular formula is C15H18N4O2. The minimum Gasteiger partial charge on any atom is -0.497 e. The summed E-state index contributed by atoms with van der Waals surface area (Å²) in [4.78, 5) is 11.2. The summed E-state index contributed by atoms with van der Waals surface area (Å²) in [6, 6.07) is 7.77. The van der Waals surface area contributed by atoms with Crippen molar-refractivity contribution in [1.82, 2.24) is 15.1 Å². The zero-order chi connectivity index (χ0) is 14.8. The van der Waals surface area contributed by atoms with Crippen LogP contribution in [0.3, 0.4) is 0 Å². The number of methoxy groups -OCH3 is 1. The predicted octanol–water partition coefficient (Wildman–Crippen LogP) is 0.690. The topological polar surface area (TPSA) is 82.2 Å². The third-order valence-electron chi connectivity index (χ3n) is 3.68. The highest BCUT2D eigenvalue weighted by Crippen LogP contribution is 2.28. The van der Waals surface area contributed by atoms with Gasteiger partial charge >= 0.3 is 0 Å². The van der Waals surface area contributed by atoms with Gasteiger partial charge in [0.1, 0.15) is 12.3 Å². The van der Waals surface area contributed by atoms with Crippen molar-refractivity contribution >= 4 is 5.91 Å². The van der Waals surface area contributed by atoms with Gasteiger partial charge in [-0.25, -0.2) is 0 Å². The van der Waals surface area contributed by atoms with Gasteiger partial charge in [-0.05, 0) is 24.3 Å². The largest absolute Gasteiger partial charge is 0.497 e. The van der Waals surface area contributed by atoms with Gasteiger partial charge in [-0.3, -0.25) is 9.48 Å². The summed E-state index contributed by atoms with van der Waals surface area (Å²) in [5, 5.41) is 7.94. The summed E-state index contributed by atoms with van der Waals surface area (Å²) in [7, 11) is 1.64. The van der Waals surface area contributed by atoms with E-state index in [0.717, 1.165) is 47.8 Å². The summed E-state index contributed by atoms with van der Waals surface area (Å²) in [6.07, 6.45) is 0.853. The van der Waals surface area contributed by atoms with E-state index in [-0.39, 0.29) is 12.5 Å². The molecule has 0 bridgehead atoms. The first kappa shape index (κ1) is 13.6. The molecule has 0 spiro atoms. The number of nitrogens with two attached hydrogens (primary N) is 1. The smallest absolute Gasteiger partial charge is 0.239 e. The molecule has 21 heavy (non-hydrogen) atoms. The van der Waals surface area contributed by atoms with Crippen LogP contribution in [0.15, 0.2) is 24.3 Å². The summed E-state index contributed by atoms with van der Waals surface area (Å²) in [5.74, 6) is 0.433. The van der Waals surface area contributed by atoms with Crippen LogP contribution in [0.4, 0.5) is 0 Å². The Morgan fingerprint density at radius 2 is 2.19 bits per heavy atom. The standard InChI is InChI=1S/C15H18N4O2/c1-21-11-4-2-10(3-5-11)15-12-8-17-7-6-13(12)19(18-15)9-14(16)20/h2-5,17H,6-9H2,1H3,(H2,16,20). The monoisotopic (exact) mass is 286 g/mol. The van der Waals surface area contributed by atoms with Crippen molar-refractivity contribution in [3.8, 4) is 17.0 Å². The number of nitrogens with zero attached hydrogens (tertiary/aromatic N) is 2. The molecule has 3 rings (SSSR count). The van der Waals surface area contributed by atoms with Crippen molar-refractivity contribution in [1.29, 1.82) is 0 Å². The molecule has 3 N–H and O–H groups in total. The molecule has 6 heteroatoms. The first-order chi connectivity index (χ1) is 10.2. The Balaban J connectivity index is 2.04. The number of rotatable bonds is 4. The van der Waals surface area contributed by atoms with Crippen LogP contribution in [0.2, 0.25) is 0 Å². The second-order valence-electron chi connectivity index (χ2n) is 5.05. The lowest BCUT2D eigenvalue weighted by Crippen LogP contribution is -2.27. The zero-order valence-electron chi connectivity index (χ0n) is 11.9. The summed E-state index contributed by atoms with van der Waals surface area (Å²) in [5.41, 5.74) is 9.47. The number of aromatic nitrogens is 2. The molecule has 0 unspecified atom stereocenters. The van der Waals surface area contributed by atoms with E-state index < -0.39 is 0 Å². The second kappa shape index (κ2) is 5.57. The molecule has 0 aliphatic carbocycles. The lowest BCUT2D eigenvalue weighted by molar-refractivity contribution is -0.118. The Kier molecular flexibility index (Phi) is 3.62. The molecule has 6 nitrogen and oxygen atoms in total. The quantitative estimate of drug-likeness (QED) is 0.866. The Bertz CT molecular complexity index is 661. The van der Waals surface area contributed by atoms with Crippen molar-refractivity contribution in [2.75, 3.05) is 13.7 Å². The number of primary amides is 1. The van der Waals surface area contributed by atoms with Crippen LogP contribution < -0.4 is 15.8 Å². The minimum atomic E-state index is -0.375. The highest BCUT2D eigenvalue weighted by Gasteiger charge is 2.22. The predicted molar refractivity (Wildman–Crippen MR) is 78.8 cm³/mol. The van der Waals surface area contributed by atoms with E-state index in [2.05, 4.69) is 10.4 Å². The van der Waals surface area contributed by atoms with Gasteiger partial charge < -0.3 is 15.8 Å². The third-order valence-corrected chi connectivity index (χ3v) is 3.68. The van der Waals surface area contributed by atoms with Gasteiger partial charge in [0.2, 0.25) is 5.91 Å². The van der Waals surface area contributed by atoms with E-state index in [1.165, 1.54) is 0 Å². The van der Waals surface area contributed by atoms with Crippen molar-refractivity contribution < 1.29 is 9.53 Å². The Morgan fingerprint density at radius 1 is 1.43 bits per heavy atom. The molecule has 1 amide bonds. The summed E-state index contributed by atoms with van der Waals surface area (Å²) in [6.45, 7) is 1.77. The fourth-order valence-electron chi connectivity index (χ4n) is 2.68. The third kappa shape index (κ3) is 2.62. The summed E-state index contributed by atoms with van der Waals surface area (Å²) < 4.78 is 6.91. The number of amides is 1. The number of hydrogen-bond donors (Lipinski definition) is 2. The molecule has 0 radical (unpaired) electrons. The molecule has 0 saturated carbocycles. The van der Waals surface area contributed by atoms with E-state index in [0.29, 0.717) is 0 Å². The van der Waals surface area contributed by atoms with Crippen LogP contribution in [0.25, 0.3) is 11.3 Å². The molecule has 110 valence electrons.